The summed E-state index contributed by atoms with van der Waals surface area (Å²) < 4.78 is 11.8. The molecule has 0 unspecified atom stereocenters. The van der Waals surface area contributed by atoms with Crippen LogP contribution < -0.4 is 10.1 Å². The molecule has 2 aromatic rings. The van der Waals surface area contributed by atoms with Gasteiger partial charge in [0, 0.05) is 26.4 Å². The number of hydrogen-bond donors (Lipinski definition) is 1. The third-order valence-electron chi connectivity index (χ3n) is 2.99. The zero-order valence-electron chi connectivity index (χ0n) is 12.2. The average molecular weight is 351 g/mol. The quantitative estimate of drug-likeness (QED) is 0.773. The van der Waals surface area contributed by atoms with Crippen LogP contribution in [0.3, 0.4) is 0 Å². The SMILES string of the molecule is COCCNCc1ccc(Oc2cccnc2C)c(Br)c1. The molecule has 1 aromatic heterocycles. The Morgan fingerprint density at radius 2 is 2.10 bits per heavy atom. The standard InChI is InChI=1S/C16H19BrN2O2/c1-12-15(4-3-7-19-12)21-16-6-5-13(10-14(16)17)11-18-8-9-20-2/h3-7,10,18H,8-9,11H2,1-2H3. The molecule has 0 saturated heterocycles. The van der Waals surface area contributed by atoms with Crippen LogP contribution in [0.5, 0.6) is 11.5 Å². The third kappa shape index (κ3) is 4.81. The van der Waals surface area contributed by atoms with Gasteiger partial charge in [0.25, 0.3) is 0 Å². The number of hydrogen-bond acceptors (Lipinski definition) is 4. The third-order valence-corrected chi connectivity index (χ3v) is 3.61. The van der Waals surface area contributed by atoms with Crippen molar-refractivity contribution in [1.29, 1.82) is 0 Å². The number of ether oxygens (including phenoxy) is 2. The minimum Gasteiger partial charge on any atom is -0.454 e. The van der Waals surface area contributed by atoms with Gasteiger partial charge in [-0.05, 0) is 52.7 Å². The first-order chi connectivity index (χ1) is 10.2. The molecule has 0 aliphatic heterocycles. The van der Waals surface area contributed by atoms with Crippen molar-refractivity contribution in [3.63, 3.8) is 0 Å². The Hall–Kier alpha value is -1.43. The highest BCUT2D eigenvalue weighted by Crippen LogP contribution is 2.31. The van der Waals surface area contributed by atoms with Gasteiger partial charge >= 0.3 is 0 Å². The van der Waals surface area contributed by atoms with Gasteiger partial charge in [0.05, 0.1) is 16.8 Å². The number of pyridine rings is 1. The number of rotatable bonds is 7. The van der Waals surface area contributed by atoms with Crippen molar-refractivity contribution in [3.8, 4) is 11.5 Å². The van der Waals surface area contributed by atoms with Gasteiger partial charge in [0.2, 0.25) is 0 Å². The summed E-state index contributed by atoms with van der Waals surface area (Å²) in [6, 6.07) is 9.84. The molecule has 0 radical (unpaired) electrons. The summed E-state index contributed by atoms with van der Waals surface area (Å²) in [6.45, 7) is 4.27. The van der Waals surface area contributed by atoms with E-state index in [-0.39, 0.29) is 0 Å². The molecule has 0 fully saturated rings. The van der Waals surface area contributed by atoms with Gasteiger partial charge in [-0.2, -0.15) is 0 Å². The normalized spacial score (nSPS) is 10.6. The van der Waals surface area contributed by atoms with Gasteiger partial charge in [-0.25, -0.2) is 0 Å². The lowest BCUT2D eigenvalue weighted by Gasteiger charge is -2.11. The fourth-order valence-corrected chi connectivity index (χ4v) is 2.35. The second kappa shape index (κ2) is 8.12. The van der Waals surface area contributed by atoms with E-state index in [2.05, 4.69) is 32.3 Å². The predicted octanol–water partition coefficient (Wildman–Crippen LogP) is 3.68. The van der Waals surface area contributed by atoms with Crippen LogP contribution in [0.25, 0.3) is 0 Å². The van der Waals surface area contributed by atoms with E-state index in [0.29, 0.717) is 6.61 Å². The van der Waals surface area contributed by atoms with Gasteiger partial charge in [-0.15, -0.1) is 0 Å². The van der Waals surface area contributed by atoms with Crippen molar-refractivity contribution >= 4 is 15.9 Å². The van der Waals surface area contributed by atoms with Crippen molar-refractivity contribution < 1.29 is 9.47 Å². The summed E-state index contributed by atoms with van der Waals surface area (Å²) >= 11 is 3.55. The van der Waals surface area contributed by atoms with Crippen LogP contribution in [-0.4, -0.2) is 25.2 Å². The lowest BCUT2D eigenvalue weighted by molar-refractivity contribution is 0.199. The summed E-state index contributed by atoms with van der Waals surface area (Å²) in [7, 11) is 1.70. The maximum absolute atomic E-state index is 5.89. The molecule has 0 amide bonds. The summed E-state index contributed by atoms with van der Waals surface area (Å²) in [6.07, 6.45) is 1.76. The summed E-state index contributed by atoms with van der Waals surface area (Å²) in [5.74, 6) is 1.55. The van der Waals surface area contributed by atoms with Gasteiger partial charge in [0.1, 0.15) is 11.5 Å². The van der Waals surface area contributed by atoms with Crippen molar-refractivity contribution in [2.45, 2.75) is 13.5 Å². The summed E-state index contributed by atoms with van der Waals surface area (Å²) in [4.78, 5) is 4.22. The van der Waals surface area contributed by atoms with Crippen LogP contribution in [0.2, 0.25) is 0 Å². The van der Waals surface area contributed by atoms with Crippen LogP contribution in [-0.2, 0) is 11.3 Å². The minimum atomic E-state index is 0.711. The molecule has 112 valence electrons. The Morgan fingerprint density at radius 1 is 1.24 bits per heavy atom. The first-order valence-electron chi connectivity index (χ1n) is 6.78. The van der Waals surface area contributed by atoms with Gasteiger partial charge < -0.3 is 14.8 Å². The molecular formula is C16H19BrN2O2. The lowest BCUT2D eigenvalue weighted by Crippen LogP contribution is -2.18. The topological polar surface area (TPSA) is 43.4 Å². The first-order valence-corrected chi connectivity index (χ1v) is 7.57. The molecule has 1 N–H and O–H groups in total. The van der Waals surface area contributed by atoms with E-state index >= 15 is 0 Å². The molecule has 1 heterocycles. The van der Waals surface area contributed by atoms with Gasteiger partial charge in [-0.1, -0.05) is 6.07 Å². The first kappa shape index (κ1) is 15.9. The van der Waals surface area contributed by atoms with E-state index in [1.165, 1.54) is 5.56 Å². The second-order valence-corrected chi connectivity index (χ2v) is 5.48. The Labute approximate surface area is 133 Å². The molecule has 2 rings (SSSR count). The molecule has 0 atom stereocenters. The van der Waals surface area contributed by atoms with E-state index in [9.17, 15) is 0 Å². The molecule has 0 saturated carbocycles. The van der Waals surface area contributed by atoms with Gasteiger partial charge in [0.15, 0.2) is 0 Å². The number of halogens is 1. The largest absolute Gasteiger partial charge is 0.454 e. The molecule has 21 heavy (non-hydrogen) atoms. The van der Waals surface area contributed by atoms with Crippen LogP contribution in [0, 0.1) is 6.92 Å². The van der Waals surface area contributed by atoms with Crippen LogP contribution in [0.15, 0.2) is 41.0 Å². The Balaban J connectivity index is 2.01. The Kier molecular flexibility index (Phi) is 6.17. The number of nitrogens with zero attached hydrogens (tertiary/aromatic N) is 1. The molecule has 0 aliphatic carbocycles. The maximum atomic E-state index is 5.89. The van der Waals surface area contributed by atoms with E-state index < -0.39 is 0 Å². The molecular weight excluding hydrogens is 332 g/mol. The van der Waals surface area contributed by atoms with Crippen LogP contribution >= 0.6 is 15.9 Å². The Morgan fingerprint density at radius 3 is 2.81 bits per heavy atom. The molecule has 5 heteroatoms. The average Bonchev–Trinajstić information content (AvgIpc) is 2.48. The lowest BCUT2D eigenvalue weighted by atomic mass is 10.2. The molecule has 4 nitrogen and oxygen atoms in total. The smallest absolute Gasteiger partial charge is 0.148 e. The fraction of sp³-hybridized carbons (Fsp3) is 0.312. The highest BCUT2D eigenvalue weighted by Gasteiger charge is 2.06. The summed E-state index contributed by atoms with van der Waals surface area (Å²) in [5.41, 5.74) is 2.06. The maximum Gasteiger partial charge on any atom is 0.148 e. The predicted molar refractivity (Wildman–Crippen MR) is 86.8 cm³/mol. The van der Waals surface area contributed by atoms with Crippen LogP contribution in [0.4, 0.5) is 0 Å². The van der Waals surface area contributed by atoms with Crippen LogP contribution in [0.1, 0.15) is 11.3 Å². The molecule has 0 aliphatic rings. The number of aromatic nitrogens is 1. The zero-order valence-corrected chi connectivity index (χ0v) is 13.8. The Bertz CT molecular complexity index is 590. The van der Waals surface area contributed by atoms with E-state index in [1.807, 2.05) is 31.2 Å². The number of methoxy groups -OCH3 is 1. The second-order valence-electron chi connectivity index (χ2n) is 4.62. The van der Waals surface area contributed by atoms with E-state index in [0.717, 1.165) is 34.8 Å². The van der Waals surface area contributed by atoms with Crippen molar-refractivity contribution in [1.82, 2.24) is 10.3 Å². The minimum absolute atomic E-state index is 0.711. The van der Waals surface area contributed by atoms with Crippen molar-refractivity contribution in [2.75, 3.05) is 20.3 Å². The number of aryl methyl sites for hydroxylation is 1. The molecule has 1 aromatic carbocycles. The summed E-state index contributed by atoms with van der Waals surface area (Å²) in [5, 5.41) is 3.31. The van der Waals surface area contributed by atoms with Crippen molar-refractivity contribution in [3.05, 3.63) is 52.3 Å². The number of benzene rings is 1. The highest BCUT2D eigenvalue weighted by atomic mass is 79.9. The van der Waals surface area contributed by atoms with E-state index in [4.69, 9.17) is 9.47 Å². The fourth-order valence-electron chi connectivity index (χ4n) is 1.84. The van der Waals surface area contributed by atoms with E-state index in [1.54, 1.807) is 13.3 Å². The number of nitrogens with one attached hydrogen (secondary N) is 1. The zero-order chi connectivity index (χ0) is 15.1. The highest BCUT2D eigenvalue weighted by molar-refractivity contribution is 9.10. The monoisotopic (exact) mass is 350 g/mol. The molecule has 0 spiro atoms. The molecule has 0 bridgehead atoms. The van der Waals surface area contributed by atoms with Crippen molar-refractivity contribution in [2.24, 2.45) is 0 Å². The van der Waals surface area contributed by atoms with Gasteiger partial charge in [-0.3, -0.25) is 4.98 Å².